The zero-order chi connectivity index (χ0) is 14.8. The fraction of sp³-hybridized carbons (Fsp3) is 0.294. The minimum atomic E-state index is -0.656. The maximum Gasteiger partial charge on any atom is 0.259 e. The first-order valence-corrected chi connectivity index (χ1v) is 7.14. The van der Waals surface area contributed by atoms with Crippen molar-refractivity contribution in [3.05, 3.63) is 58.8 Å². The van der Waals surface area contributed by atoms with Crippen LogP contribution < -0.4 is 0 Å². The Bertz CT molecular complexity index is 760. The third-order valence-electron chi connectivity index (χ3n) is 4.99. The van der Waals surface area contributed by atoms with Crippen molar-refractivity contribution in [2.45, 2.75) is 26.2 Å². The van der Waals surface area contributed by atoms with Gasteiger partial charge in [-0.05, 0) is 30.5 Å². The standard InChI is InChI=1S/C17H16N2O2/c1-10-5-6-13-11(2)17(9-12(13)8-10)14-4-3-7-19(21)15(14)18-16(17)20/h3-8,11,21H,9H2,1-2H3. The van der Waals surface area contributed by atoms with Gasteiger partial charge in [0.05, 0.1) is 5.41 Å². The van der Waals surface area contributed by atoms with Gasteiger partial charge < -0.3 is 0 Å². The molecule has 2 atom stereocenters. The molecule has 21 heavy (non-hydrogen) atoms. The molecule has 1 spiro atoms. The number of aryl methyl sites for hydroxylation is 1. The summed E-state index contributed by atoms with van der Waals surface area (Å²) >= 11 is 0. The summed E-state index contributed by atoms with van der Waals surface area (Å²) in [6, 6.07) is 6.36. The lowest BCUT2D eigenvalue weighted by molar-refractivity contribution is -0.124. The third-order valence-corrected chi connectivity index (χ3v) is 4.99. The van der Waals surface area contributed by atoms with Gasteiger partial charge in [0.1, 0.15) is 0 Å². The number of hydrogen-bond acceptors (Lipinski definition) is 3. The molecule has 1 aliphatic carbocycles. The smallest absolute Gasteiger partial charge is 0.259 e. The van der Waals surface area contributed by atoms with Gasteiger partial charge in [-0.1, -0.05) is 36.8 Å². The van der Waals surface area contributed by atoms with Gasteiger partial charge in [0, 0.05) is 17.7 Å². The SMILES string of the molecule is Cc1ccc2c(c1)CC1(C(=O)N=C3C1=CC=CN3O)C2C. The highest BCUT2D eigenvalue weighted by Gasteiger charge is 2.57. The van der Waals surface area contributed by atoms with Gasteiger partial charge in [0.2, 0.25) is 0 Å². The Hall–Kier alpha value is -2.20. The van der Waals surface area contributed by atoms with Crippen LogP contribution in [0.3, 0.4) is 0 Å². The first-order chi connectivity index (χ1) is 10.0. The molecule has 0 bridgehead atoms. The molecular weight excluding hydrogens is 264 g/mol. The molecule has 0 radical (unpaired) electrons. The van der Waals surface area contributed by atoms with E-state index < -0.39 is 5.41 Å². The van der Waals surface area contributed by atoms with Crippen LogP contribution in [-0.4, -0.2) is 22.0 Å². The normalized spacial score (nSPS) is 29.6. The Morgan fingerprint density at radius 2 is 2.24 bits per heavy atom. The number of hydrogen-bond donors (Lipinski definition) is 1. The minimum absolute atomic E-state index is 0.0630. The van der Waals surface area contributed by atoms with Crippen LogP contribution in [0.2, 0.25) is 0 Å². The van der Waals surface area contributed by atoms with Crippen LogP contribution in [0.1, 0.15) is 29.5 Å². The maximum absolute atomic E-state index is 12.7. The molecule has 4 heteroatoms. The van der Waals surface area contributed by atoms with Crippen molar-refractivity contribution in [2.24, 2.45) is 10.4 Å². The van der Waals surface area contributed by atoms with Crippen molar-refractivity contribution in [3.8, 4) is 0 Å². The number of benzene rings is 1. The van der Waals surface area contributed by atoms with E-state index >= 15 is 0 Å². The molecule has 0 saturated carbocycles. The second kappa shape index (κ2) is 3.92. The molecule has 1 N–H and O–H groups in total. The van der Waals surface area contributed by atoms with Gasteiger partial charge in [-0.2, -0.15) is 4.99 Å². The minimum Gasteiger partial charge on any atom is -0.283 e. The summed E-state index contributed by atoms with van der Waals surface area (Å²) in [4.78, 5) is 16.8. The van der Waals surface area contributed by atoms with E-state index in [1.807, 2.05) is 6.08 Å². The van der Waals surface area contributed by atoms with Crippen molar-refractivity contribution in [3.63, 3.8) is 0 Å². The summed E-state index contributed by atoms with van der Waals surface area (Å²) in [5.74, 6) is 0.291. The van der Waals surface area contributed by atoms with Crippen molar-refractivity contribution >= 4 is 11.7 Å². The molecule has 106 valence electrons. The van der Waals surface area contributed by atoms with Crippen molar-refractivity contribution in [1.82, 2.24) is 5.06 Å². The molecule has 4 nitrogen and oxygen atoms in total. The first-order valence-electron chi connectivity index (χ1n) is 7.14. The van der Waals surface area contributed by atoms with E-state index in [-0.39, 0.29) is 11.8 Å². The summed E-state index contributed by atoms with van der Waals surface area (Å²) in [5.41, 5.74) is 3.80. The van der Waals surface area contributed by atoms with E-state index in [0.717, 1.165) is 10.6 Å². The van der Waals surface area contributed by atoms with Crippen LogP contribution in [0.15, 0.2) is 47.1 Å². The molecular formula is C17H16N2O2. The highest BCUT2D eigenvalue weighted by Crippen LogP contribution is 2.55. The third kappa shape index (κ3) is 1.43. The number of fused-ring (bicyclic) bond motifs is 3. The number of nitrogens with zero attached hydrogens (tertiary/aromatic N) is 2. The Morgan fingerprint density at radius 3 is 3.05 bits per heavy atom. The number of carbonyl (C=O) groups excluding carboxylic acids is 1. The average molecular weight is 280 g/mol. The second-order valence-corrected chi connectivity index (χ2v) is 6.08. The van der Waals surface area contributed by atoms with Crippen LogP contribution in [0.4, 0.5) is 0 Å². The van der Waals surface area contributed by atoms with Crippen molar-refractivity contribution in [2.75, 3.05) is 0 Å². The number of aliphatic imine (C=N–C) groups is 1. The number of hydroxylamine groups is 2. The van der Waals surface area contributed by atoms with E-state index in [1.54, 1.807) is 6.08 Å². The molecule has 2 unspecified atom stereocenters. The van der Waals surface area contributed by atoms with Gasteiger partial charge in [-0.15, -0.1) is 0 Å². The largest absolute Gasteiger partial charge is 0.283 e. The van der Waals surface area contributed by atoms with E-state index in [0.29, 0.717) is 12.3 Å². The summed E-state index contributed by atoms with van der Waals surface area (Å²) in [7, 11) is 0. The molecule has 1 aromatic carbocycles. The second-order valence-electron chi connectivity index (χ2n) is 6.08. The number of amidine groups is 1. The van der Waals surface area contributed by atoms with Gasteiger partial charge in [-0.25, -0.2) is 5.06 Å². The van der Waals surface area contributed by atoms with Crippen LogP contribution in [-0.2, 0) is 11.2 Å². The van der Waals surface area contributed by atoms with Crippen LogP contribution >= 0.6 is 0 Å². The van der Waals surface area contributed by atoms with Crippen LogP contribution in [0.5, 0.6) is 0 Å². The van der Waals surface area contributed by atoms with Gasteiger partial charge in [-0.3, -0.25) is 10.0 Å². The molecule has 0 saturated heterocycles. The van der Waals surface area contributed by atoms with Crippen molar-refractivity contribution < 1.29 is 10.0 Å². The molecule has 4 rings (SSSR count). The lowest BCUT2D eigenvalue weighted by atomic mass is 9.71. The molecule has 1 aromatic rings. The summed E-state index contributed by atoms with van der Waals surface area (Å²) in [6.07, 6.45) is 5.83. The lowest BCUT2D eigenvalue weighted by Crippen LogP contribution is -2.36. The molecule has 0 fully saturated rings. The molecule has 3 aliphatic rings. The zero-order valence-electron chi connectivity index (χ0n) is 12.0. The quantitative estimate of drug-likeness (QED) is 0.795. The number of amides is 1. The monoisotopic (exact) mass is 280 g/mol. The molecule has 2 aliphatic heterocycles. The van der Waals surface area contributed by atoms with E-state index in [1.165, 1.54) is 22.9 Å². The zero-order valence-corrected chi connectivity index (χ0v) is 12.0. The number of carbonyl (C=O) groups is 1. The average Bonchev–Trinajstić information content (AvgIpc) is 2.89. The fourth-order valence-electron chi connectivity index (χ4n) is 3.88. The maximum atomic E-state index is 12.7. The highest BCUT2D eigenvalue weighted by atomic mass is 16.5. The van der Waals surface area contributed by atoms with Gasteiger partial charge in [0.15, 0.2) is 5.84 Å². The Balaban J connectivity index is 1.89. The van der Waals surface area contributed by atoms with Gasteiger partial charge >= 0.3 is 0 Å². The molecule has 1 amide bonds. The molecule has 0 aromatic heterocycles. The van der Waals surface area contributed by atoms with Crippen LogP contribution in [0, 0.1) is 12.3 Å². The number of rotatable bonds is 0. The fourth-order valence-corrected chi connectivity index (χ4v) is 3.88. The summed E-state index contributed by atoms with van der Waals surface area (Å²) < 4.78 is 0. The summed E-state index contributed by atoms with van der Waals surface area (Å²) in [5, 5.41) is 10.9. The topological polar surface area (TPSA) is 52.9 Å². The predicted molar refractivity (Wildman–Crippen MR) is 79.0 cm³/mol. The van der Waals surface area contributed by atoms with Crippen molar-refractivity contribution in [1.29, 1.82) is 0 Å². The Labute approximate surface area is 123 Å². The summed E-state index contributed by atoms with van der Waals surface area (Å²) in [6.45, 7) is 4.14. The number of allylic oxidation sites excluding steroid dienone is 2. The van der Waals surface area contributed by atoms with Crippen LogP contribution in [0.25, 0.3) is 0 Å². The molecule has 2 heterocycles. The lowest BCUT2D eigenvalue weighted by Gasteiger charge is -2.30. The van der Waals surface area contributed by atoms with Gasteiger partial charge in [0.25, 0.3) is 5.91 Å². The van der Waals surface area contributed by atoms with E-state index in [9.17, 15) is 10.0 Å². The van der Waals surface area contributed by atoms with E-state index in [4.69, 9.17) is 0 Å². The Morgan fingerprint density at radius 1 is 1.43 bits per heavy atom. The first kappa shape index (κ1) is 12.5. The Kier molecular flexibility index (Phi) is 2.34. The highest BCUT2D eigenvalue weighted by molar-refractivity contribution is 6.18. The predicted octanol–water partition coefficient (Wildman–Crippen LogP) is 2.72. The van der Waals surface area contributed by atoms with E-state index in [2.05, 4.69) is 37.0 Å².